The minimum atomic E-state index is -0.123. The SMILES string of the molecule is Cc1occc1-c1nnc(SCc2nc3c(C)cccc3c(=O)[nH]2)n1C. The van der Waals surface area contributed by atoms with Crippen molar-refractivity contribution >= 4 is 22.7 Å². The summed E-state index contributed by atoms with van der Waals surface area (Å²) in [6.45, 7) is 3.84. The highest BCUT2D eigenvalue weighted by molar-refractivity contribution is 7.98. The molecule has 0 saturated heterocycles. The van der Waals surface area contributed by atoms with E-state index in [2.05, 4.69) is 20.2 Å². The van der Waals surface area contributed by atoms with Gasteiger partial charge in [0, 0.05) is 7.05 Å². The molecule has 0 aliphatic carbocycles. The monoisotopic (exact) mass is 367 g/mol. The first-order valence-corrected chi connectivity index (χ1v) is 9.08. The van der Waals surface area contributed by atoms with Gasteiger partial charge in [0.05, 0.1) is 28.5 Å². The molecule has 0 atom stereocenters. The topological polar surface area (TPSA) is 89.6 Å². The minimum Gasteiger partial charge on any atom is -0.469 e. The van der Waals surface area contributed by atoms with Gasteiger partial charge in [-0.25, -0.2) is 4.98 Å². The van der Waals surface area contributed by atoms with Crippen molar-refractivity contribution in [3.8, 4) is 11.4 Å². The first-order valence-electron chi connectivity index (χ1n) is 8.10. The van der Waals surface area contributed by atoms with E-state index in [1.807, 2.05) is 43.7 Å². The van der Waals surface area contributed by atoms with E-state index in [0.717, 1.165) is 33.4 Å². The van der Waals surface area contributed by atoms with Crippen molar-refractivity contribution in [2.45, 2.75) is 24.8 Å². The summed E-state index contributed by atoms with van der Waals surface area (Å²) in [5.41, 5.74) is 2.51. The molecule has 7 nitrogen and oxygen atoms in total. The van der Waals surface area contributed by atoms with Crippen LogP contribution in [0.4, 0.5) is 0 Å². The van der Waals surface area contributed by atoms with Gasteiger partial charge in [-0.05, 0) is 31.5 Å². The highest BCUT2D eigenvalue weighted by atomic mass is 32.2. The molecule has 3 heterocycles. The number of thioether (sulfide) groups is 1. The molecule has 26 heavy (non-hydrogen) atoms. The number of H-pyrrole nitrogens is 1. The summed E-state index contributed by atoms with van der Waals surface area (Å²) in [7, 11) is 1.91. The first kappa shape index (κ1) is 16.6. The summed E-state index contributed by atoms with van der Waals surface area (Å²) < 4.78 is 7.25. The maximum atomic E-state index is 12.3. The predicted octanol–water partition coefficient (Wildman–Crippen LogP) is 3.22. The summed E-state index contributed by atoms with van der Waals surface area (Å²) in [6, 6.07) is 7.47. The molecule has 0 aliphatic rings. The number of fused-ring (bicyclic) bond motifs is 1. The predicted molar refractivity (Wildman–Crippen MR) is 100 cm³/mol. The summed E-state index contributed by atoms with van der Waals surface area (Å²) in [4.78, 5) is 19.7. The van der Waals surface area contributed by atoms with Crippen molar-refractivity contribution in [2.75, 3.05) is 0 Å². The van der Waals surface area contributed by atoms with Gasteiger partial charge in [0.25, 0.3) is 5.56 Å². The molecule has 0 amide bonds. The zero-order chi connectivity index (χ0) is 18.3. The average molecular weight is 367 g/mol. The zero-order valence-electron chi connectivity index (χ0n) is 14.6. The Morgan fingerprint density at radius 3 is 2.85 bits per heavy atom. The van der Waals surface area contributed by atoms with Crippen molar-refractivity contribution in [2.24, 2.45) is 7.05 Å². The van der Waals surface area contributed by atoms with E-state index < -0.39 is 0 Å². The molecular weight excluding hydrogens is 350 g/mol. The van der Waals surface area contributed by atoms with Crippen molar-refractivity contribution < 1.29 is 4.42 Å². The number of nitrogens with one attached hydrogen (secondary N) is 1. The van der Waals surface area contributed by atoms with Gasteiger partial charge in [0.15, 0.2) is 11.0 Å². The highest BCUT2D eigenvalue weighted by Gasteiger charge is 2.15. The molecule has 0 saturated carbocycles. The summed E-state index contributed by atoms with van der Waals surface area (Å²) in [5.74, 6) is 2.66. The lowest BCUT2D eigenvalue weighted by atomic mass is 10.1. The highest BCUT2D eigenvalue weighted by Crippen LogP contribution is 2.27. The quantitative estimate of drug-likeness (QED) is 0.557. The summed E-state index contributed by atoms with van der Waals surface area (Å²) in [5, 5.41) is 9.85. The fraction of sp³-hybridized carbons (Fsp3) is 0.222. The average Bonchev–Trinajstić information content (AvgIpc) is 3.19. The molecule has 1 N–H and O–H groups in total. The number of aryl methyl sites for hydroxylation is 2. The largest absolute Gasteiger partial charge is 0.469 e. The number of rotatable bonds is 4. The molecule has 0 spiro atoms. The van der Waals surface area contributed by atoms with Crippen LogP contribution in [0.2, 0.25) is 0 Å². The number of furan rings is 1. The Bertz CT molecular complexity index is 1160. The van der Waals surface area contributed by atoms with Crippen molar-refractivity contribution in [1.29, 1.82) is 0 Å². The van der Waals surface area contributed by atoms with Crippen molar-refractivity contribution in [1.82, 2.24) is 24.7 Å². The molecule has 4 rings (SSSR count). The van der Waals surface area contributed by atoms with E-state index >= 15 is 0 Å². The van der Waals surface area contributed by atoms with E-state index in [1.165, 1.54) is 11.8 Å². The standard InChI is InChI=1S/C18H17N5O2S/c1-10-5-4-6-13-15(10)19-14(20-17(13)24)9-26-18-22-21-16(23(18)3)12-7-8-25-11(12)2/h4-8H,9H2,1-3H3,(H,19,20,24). The fourth-order valence-electron chi connectivity index (χ4n) is 2.85. The molecule has 0 unspecified atom stereocenters. The summed E-state index contributed by atoms with van der Waals surface area (Å²) in [6.07, 6.45) is 1.64. The first-order chi connectivity index (χ1) is 12.5. The lowest BCUT2D eigenvalue weighted by Crippen LogP contribution is -2.12. The smallest absolute Gasteiger partial charge is 0.258 e. The Hall–Kier alpha value is -2.87. The van der Waals surface area contributed by atoms with E-state index in [-0.39, 0.29) is 5.56 Å². The number of nitrogens with zero attached hydrogens (tertiary/aromatic N) is 4. The Kier molecular flexibility index (Phi) is 4.12. The van der Waals surface area contributed by atoms with Crippen LogP contribution < -0.4 is 5.56 Å². The van der Waals surface area contributed by atoms with Crippen LogP contribution in [0.25, 0.3) is 22.3 Å². The number of aromatic amines is 1. The van der Waals surface area contributed by atoms with E-state index in [4.69, 9.17) is 4.42 Å². The van der Waals surface area contributed by atoms with E-state index in [1.54, 1.807) is 12.3 Å². The minimum absolute atomic E-state index is 0.123. The van der Waals surface area contributed by atoms with Crippen LogP contribution in [0.1, 0.15) is 17.1 Å². The number of benzene rings is 1. The van der Waals surface area contributed by atoms with Gasteiger partial charge in [0.2, 0.25) is 0 Å². The molecule has 132 valence electrons. The van der Waals surface area contributed by atoms with Crippen LogP contribution in [0.3, 0.4) is 0 Å². The Labute approximate surface area is 153 Å². The second kappa shape index (κ2) is 6.45. The zero-order valence-corrected chi connectivity index (χ0v) is 15.4. The van der Waals surface area contributed by atoms with Crippen LogP contribution in [0.15, 0.2) is 44.9 Å². The second-order valence-electron chi connectivity index (χ2n) is 6.03. The van der Waals surface area contributed by atoms with Gasteiger partial charge < -0.3 is 14.0 Å². The normalized spacial score (nSPS) is 11.3. The second-order valence-corrected chi connectivity index (χ2v) is 6.97. The van der Waals surface area contributed by atoms with Crippen LogP contribution >= 0.6 is 11.8 Å². The molecular formula is C18H17N5O2S. The van der Waals surface area contributed by atoms with E-state index in [0.29, 0.717) is 17.0 Å². The maximum Gasteiger partial charge on any atom is 0.258 e. The Morgan fingerprint density at radius 1 is 1.23 bits per heavy atom. The third-order valence-corrected chi connectivity index (χ3v) is 5.29. The molecule has 0 bridgehead atoms. The summed E-state index contributed by atoms with van der Waals surface area (Å²) >= 11 is 1.47. The van der Waals surface area contributed by atoms with Crippen LogP contribution in [-0.2, 0) is 12.8 Å². The molecule has 0 fully saturated rings. The third-order valence-electron chi connectivity index (χ3n) is 4.26. The molecule has 4 aromatic rings. The maximum absolute atomic E-state index is 12.3. The number of aromatic nitrogens is 5. The van der Waals surface area contributed by atoms with Gasteiger partial charge in [-0.1, -0.05) is 23.9 Å². The van der Waals surface area contributed by atoms with Gasteiger partial charge >= 0.3 is 0 Å². The number of hydrogen-bond acceptors (Lipinski definition) is 6. The Morgan fingerprint density at radius 2 is 2.08 bits per heavy atom. The van der Waals surface area contributed by atoms with E-state index in [9.17, 15) is 4.79 Å². The molecule has 0 radical (unpaired) electrons. The van der Waals surface area contributed by atoms with Crippen LogP contribution in [-0.4, -0.2) is 24.7 Å². The fourth-order valence-corrected chi connectivity index (χ4v) is 3.63. The van der Waals surface area contributed by atoms with Crippen molar-refractivity contribution in [3.05, 3.63) is 58.0 Å². The van der Waals surface area contributed by atoms with Gasteiger partial charge in [-0.3, -0.25) is 4.79 Å². The lowest BCUT2D eigenvalue weighted by Gasteiger charge is -2.05. The molecule has 1 aromatic carbocycles. The number of hydrogen-bond donors (Lipinski definition) is 1. The van der Waals surface area contributed by atoms with Crippen LogP contribution in [0, 0.1) is 13.8 Å². The molecule has 3 aromatic heterocycles. The van der Waals surface area contributed by atoms with Crippen LogP contribution in [0.5, 0.6) is 0 Å². The lowest BCUT2D eigenvalue weighted by molar-refractivity contribution is 0.534. The van der Waals surface area contributed by atoms with Crippen molar-refractivity contribution in [3.63, 3.8) is 0 Å². The van der Waals surface area contributed by atoms with Gasteiger partial charge in [0.1, 0.15) is 11.6 Å². The number of para-hydroxylation sites is 1. The third kappa shape index (κ3) is 2.82. The van der Waals surface area contributed by atoms with Gasteiger partial charge in [-0.15, -0.1) is 10.2 Å². The Balaban J connectivity index is 1.61. The molecule has 8 heteroatoms. The van der Waals surface area contributed by atoms with Gasteiger partial charge in [-0.2, -0.15) is 0 Å². The molecule has 0 aliphatic heterocycles.